The molecule has 2 aromatic heterocycles. The van der Waals surface area contributed by atoms with Crippen LogP contribution in [0.5, 0.6) is 0 Å². The zero-order valence-corrected chi connectivity index (χ0v) is 15.6. The molecule has 6 nitrogen and oxygen atoms in total. The van der Waals surface area contributed by atoms with Crippen molar-refractivity contribution in [3.05, 3.63) is 23.7 Å². The van der Waals surface area contributed by atoms with Gasteiger partial charge in [0.05, 0.1) is 17.0 Å². The Balaban J connectivity index is 1.59. The Morgan fingerprint density at radius 3 is 2.72 bits per heavy atom. The van der Waals surface area contributed by atoms with Crippen molar-refractivity contribution in [2.45, 2.75) is 52.4 Å². The molecule has 0 spiro atoms. The van der Waals surface area contributed by atoms with Crippen LogP contribution in [0.25, 0.3) is 11.3 Å². The summed E-state index contributed by atoms with van der Waals surface area (Å²) in [5.41, 5.74) is 2.78. The van der Waals surface area contributed by atoms with E-state index in [0.717, 1.165) is 42.2 Å². The highest BCUT2D eigenvalue weighted by molar-refractivity contribution is 5.61. The zero-order valence-electron chi connectivity index (χ0n) is 15.6. The fourth-order valence-corrected chi connectivity index (χ4v) is 3.29. The highest BCUT2D eigenvalue weighted by Gasteiger charge is 2.16. The monoisotopic (exact) mass is 343 g/mol. The van der Waals surface area contributed by atoms with E-state index < -0.39 is 0 Å². The van der Waals surface area contributed by atoms with Gasteiger partial charge in [-0.3, -0.25) is 0 Å². The molecular weight excluding hydrogens is 314 g/mol. The van der Waals surface area contributed by atoms with E-state index in [2.05, 4.69) is 34.2 Å². The van der Waals surface area contributed by atoms with Gasteiger partial charge in [0.25, 0.3) is 0 Å². The Labute approximate surface area is 150 Å². The summed E-state index contributed by atoms with van der Waals surface area (Å²) >= 11 is 0. The van der Waals surface area contributed by atoms with Gasteiger partial charge >= 0.3 is 0 Å². The largest absolute Gasteiger partial charge is 0.356 e. The van der Waals surface area contributed by atoms with Crippen LogP contribution in [0.4, 0.5) is 5.95 Å². The minimum atomic E-state index is 0.289. The van der Waals surface area contributed by atoms with Crippen LogP contribution in [0.1, 0.15) is 56.8 Å². The third kappa shape index (κ3) is 4.78. The fourth-order valence-electron chi connectivity index (χ4n) is 3.29. The van der Waals surface area contributed by atoms with Crippen molar-refractivity contribution >= 4 is 5.95 Å². The normalized spacial score (nSPS) is 15.7. The van der Waals surface area contributed by atoms with Crippen molar-refractivity contribution in [2.75, 3.05) is 31.5 Å². The molecule has 0 saturated carbocycles. The average Bonchev–Trinajstić information content (AvgIpc) is 3.05. The Bertz CT molecular complexity index is 676. The predicted molar refractivity (Wildman–Crippen MR) is 99.8 cm³/mol. The highest BCUT2D eigenvalue weighted by Crippen LogP contribution is 2.28. The fraction of sp³-hybridized carbons (Fsp3) is 0.632. The van der Waals surface area contributed by atoms with Gasteiger partial charge in [0.15, 0.2) is 5.76 Å². The lowest BCUT2D eigenvalue weighted by Crippen LogP contribution is -2.31. The van der Waals surface area contributed by atoms with E-state index >= 15 is 0 Å². The quantitative estimate of drug-likeness (QED) is 0.770. The van der Waals surface area contributed by atoms with Gasteiger partial charge in [-0.2, -0.15) is 0 Å². The van der Waals surface area contributed by atoms with Crippen molar-refractivity contribution in [3.8, 4) is 11.3 Å². The van der Waals surface area contributed by atoms with Gasteiger partial charge in [-0.05, 0) is 51.7 Å². The molecule has 0 atom stereocenters. The number of likely N-dealkylation sites (tertiary alicyclic amines) is 1. The molecule has 1 saturated heterocycles. The first-order chi connectivity index (χ1) is 12.1. The van der Waals surface area contributed by atoms with Gasteiger partial charge in [0, 0.05) is 18.8 Å². The predicted octanol–water partition coefficient (Wildman–Crippen LogP) is 3.85. The number of nitrogens with one attached hydrogen (secondary N) is 1. The Hall–Kier alpha value is -1.95. The molecule has 1 aliphatic rings. The molecule has 0 radical (unpaired) electrons. The number of anilines is 1. The minimum Gasteiger partial charge on any atom is -0.356 e. The summed E-state index contributed by atoms with van der Waals surface area (Å²) in [6.45, 7) is 10.7. The van der Waals surface area contributed by atoms with Gasteiger partial charge in [-0.25, -0.2) is 9.97 Å². The summed E-state index contributed by atoms with van der Waals surface area (Å²) in [5.74, 6) is 1.72. The second-order valence-electron chi connectivity index (χ2n) is 7.16. The molecule has 3 heterocycles. The number of hydrogen-bond acceptors (Lipinski definition) is 6. The SMILES string of the molecule is Cc1cc(-c2cnc(NCCCN3CCCCC3)nc2C(C)C)on1. The van der Waals surface area contributed by atoms with Crippen molar-refractivity contribution in [1.29, 1.82) is 0 Å². The van der Waals surface area contributed by atoms with Crippen LogP contribution in [0.2, 0.25) is 0 Å². The maximum Gasteiger partial charge on any atom is 0.222 e. The number of rotatable bonds is 7. The molecule has 1 N–H and O–H groups in total. The van der Waals surface area contributed by atoms with Crippen LogP contribution in [0, 0.1) is 6.92 Å². The lowest BCUT2D eigenvalue weighted by Gasteiger charge is -2.26. The number of aromatic nitrogens is 3. The summed E-state index contributed by atoms with van der Waals surface area (Å²) in [5, 5.41) is 7.34. The van der Waals surface area contributed by atoms with E-state index in [4.69, 9.17) is 9.51 Å². The standard InChI is InChI=1S/C19H29N5O/c1-14(2)18-16(17-12-15(3)23-25-17)13-21-19(22-18)20-8-7-11-24-9-5-4-6-10-24/h12-14H,4-11H2,1-3H3,(H,20,21,22). The molecule has 2 aromatic rings. The maximum atomic E-state index is 5.39. The maximum absolute atomic E-state index is 5.39. The van der Waals surface area contributed by atoms with Gasteiger partial charge in [0.1, 0.15) is 0 Å². The number of nitrogens with zero attached hydrogens (tertiary/aromatic N) is 4. The Morgan fingerprint density at radius 2 is 2.04 bits per heavy atom. The molecule has 1 fully saturated rings. The zero-order chi connectivity index (χ0) is 17.6. The van der Waals surface area contributed by atoms with E-state index in [1.807, 2.05) is 19.2 Å². The van der Waals surface area contributed by atoms with Crippen LogP contribution < -0.4 is 5.32 Å². The van der Waals surface area contributed by atoms with Crippen molar-refractivity contribution < 1.29 is 4.52 Å². The molecule has 1 aliphatic heterocycles. The summed E-state index contributed by atoms with van der Waals surface area (Å²) in [7, 11) is 0. The summed E-state index contributed by atoms with van der Waals surface area (Å²) < 4.78 is 5.39. The molecule has 3 rings (SSSR count). The van der Waals surface area contributed by atoms with Crippen LogP contribution in [0.3, 0.4) is 0 Å². The highest BCUT2D eigenvalue weighted by atomic mass is 16.5. The Kier molecular flexibility index (Phi) is 6.02. The first-order valence-electron chi connectivity index (χ1n) is 9.40. The summed E-state index contributed by atoms with van der Waals surface area (Å²) in [6.07, 6.45) is 7.03. The molecule has 0 amide bonds. The van der Waals surface area contributed by atoms with Gasteiger partial charge in [-0.1, -0.05) is 25.4 Å². The third-order valence-electron chi connectivity index (χ3n) is 4.64. The molecule has 6 heteroatoms. The topological polar surface area (TPSA) is 67.1 Å². The second-order valence-corrected chi connectivity index (χ2v) is 7.16. The summed E-state index contributed by atoms with van der Waals surface area (Å²) in [4.78, 5) is 11.7. The van der Waals surface area contributed by atoms with E-state index in [0.29, 0.717) is 5.95 Å². The van der Waals surface area contributed by atoms with Crippen LogP contribution in [0.15, 0.2) is 16.8 Å². The number of aryl methyl sites for hydroxylation is 1. The van der Waals surface area contributed by atoms with E-state index in [1.165, 1.54) is 32.4 Å². The lowest BCUT2D eigenvalue weighted by atomic mass is 10.0. The first kappa shape index (κ1) is 17.9. The van der Waals surface area contributed by atoms with Crippen molar-refractivity contribution in [2.24, 2.45) is 0 Å². The van der Waals surface area contributed by atoms with E-state index in [9.17, 15) is 0 Å². The summed E-state index contributed by atoms with van der Waals surface area (Å²) in [6, 6.07) is 1.93. The van der Waals surface area contributed by atoms with E-state index in [1.54, 1.807) is 0 Å². The third-order valence-corrected chi connectivity index (χ3v) is 4.64. The second kappa shape index (κ2) is 8.43. The Morgan fingerprint density at radius 1 is 1.24 bits per heavy atom. The molecule has 136 valence electrons. The molecule has 0 unspecified atom stereocenters. The molecule has 25 heavy (non-hydrogen) atoms. The number of piperidine rings is 1. The smallest absolute Gasteiger partial charge is 0.222 e. The van der Waals surface area contributed by atoms with Gasteiger partial charge < -0.3 is 14.7 Å². The lowest BCUT2D eigenvalue weighted by molar-refractivity contribution is 0.228. The number of hydrogen-bond donors (Lipinski definition) is 1. The molecule has 0 bridgehead atoms. The van der Waals surface area contributed by atoms with E-state index in [-0.39, 0.29) is 5.92 Å². The molecule has 0 aromatic carbocycles. The van der Waals surface area contributed by atoms with Crippen LogP contribution in [-0.4, -0.2) is 46.2 Å². The van der Waals surface area contributed by atoms with Gasteiger partial charge in [-0.15, -0.1) is 0 Å². The van der Waals surface area contributed by atoms with Crippen LogP contribution >= 0.6 is 0 Å². The molecular formula is C19H29N5O. The first-order valence-corrected chi connectivity index (χ1v) is 9.40. The molecule has 0 aliphatic carbocycles. The van der Waals surface area contributed by atoms with Crippen LogP contribution in [-0.2, 0) is 0 Å². The van der Waals surface area contributed by atoms with Crippen molar-refractivity contribution in [1.82, 2.24) is 20.0 Å². The van der Waals surface area contributed by atoms with Gasteiger partial charge in [0.2, 0.25) is 5.95 Å². The van der Waals surface area contributed by atoms with Crippen molar-refractivity contribution in [3.63, 3.8) is 0 Å². The average molecular weight is 343 g/mol. The minimum absolute atomic E-state index is 0.289.